The van der Waals surface area contributed by atoms with Crippen LogP contribution in [0.1, 0.15) is 10.4 Å². The fourth-order valence-corrected chi connectivity index (χ4v) is 1.82. The number of rotatable bonds is 2. The van der Waals surface area contributed by atoms with Crippen molar-refractivity contribution in [1.82, 2.24) is 4.98 Å². The summed E-state index contributed by atoms with van der Waals surface area (Å²) in [6.45, 7) is 0. The van der Waals surface area contributed by atoms with Gasteiger partial charge in [-0.1, -0.05) is 6.07 Å². The number of carbonyl (C=O) groups is 1. The lowest BCUT2D eigenvalue weighted by Crippen LogP contribution is -2.14. The van der Waals surface area contributed by atoms with Gasteiger partial charge in [-0.3, -0.25) is 4.79 Å². The molecular weight excluding hydrogens is 325 g/mol. The Morgan fingerprint density at radius 3 is 2.58 bits per heavy atom. The van der Waals surface area contributed by atoms with Crippen molar-refractivity contribution in [2.75, 3.05) is 5.32 Å². The molecule has 1 amide bonds. The molecule has 0 bridgehead atoms. The Hall–Kier alpha value is -1.89. The third-order valence-electron chi connectivity index (χ3n) is 2.26. The average Bonchev–Trinajstić information content (AvgIpc) is 2.36. The summed E-state index contributed by atoms with van der Waals surface area (Å²) in [5.41, 5.74) is -0.300. The van der Waals surface area contributed by atoms with Gasteiger partial charge in [-0.15, -0.1) is 0 Å². The van der Waals surface area contributed by atoms with E-state index in [9.17, 15) is 18.0 Å². The number of carbonyl (C=O) groups excluding carboxylic acids is 1. The van der Waals surface area contributed by atoms with Gasteiger partial charge in [0.2, 0.25) is 11.9 Å². The van der Waals surface area contributed by atoms with Gasteiger partial charge in [0.25, 0.3) is 5.91 Å². The molecule has 0 unspecified atom stereocenters. The number of hydrogen-bond acceptors (Lipinski definition) is 2. The van der Waals surface area contributed by atoms with E-state index >= 15 is 0 Å². The number of nitrogens with one attached hydrogen (secondary N) is 1. The lowest BCUT2D eigenvalue weighted by molar-refractivity contribution is 0.102. The lowest BCUT2D eigenvalue weighted by Gasteiger charge is -2.07. The summed E-state index contributed by atoms with van der Waals surface area (Å²) in [6.07, 6.45) is 0. The first kappa shape index (κ1) is 13.5. The summed E-state index contributed by atoms with van der Waals surface area (Å²) in [5.74, 6) is -3.51. The first-order chi connectivity index (χ1) is 8.99. The van der Waals surface area contributed by atoms with Gasteiger partial charge in [-0.2, -0.15) is 13.8 Å². The largest absolute Gasteiger partial charge is 0.318 e. The number of amides is 1. The second-order valence-electron chi connectivity index (χ2n) is 3.53. The maximum absolute atomic E-state index is 13.3. The van der Waals surface area contributed by atoms with Gasteiger partial charge in [0.15, 0.2) is 0 Å². The van der Waals surface area contributed by atoms with Gasteiger partial charge in [-0.05, 0) is 40.2 Å². The standard InChI is InChI=1S/C12H6BrF3N2O/c13-10-6(2-1-3-7(10)14)12(19)17-8-4-5-9(15)18-11(8)16/h1-5H,(H,17,19). The quantitative estimate of drug-likeness (QED) is 0.856. The number of benzene rings is 1. The molecule has 1 aromatic carbocycles. The molecule has 0 spiro atoms. The Balaban J connectivity index is 2.28. The van der Waals surface area contributed by atoms with Crippen LogP contribution in [-0.2, 0) is 0 Å². The topological polar surface area (TPSA) is 42.0 Å². The molecule has 0 saturated heterocycles. The molecule has 98 valence electrons. The van der Waals surface area contributed by atoms with Crippen molar-refractivity contribution >= 4 is 27.5 Å². The molecule has 0 aliphatic rings. The van der Waals surface area contributed by atoms with Crippen molar-refractivity contribution in [2.24, 2.45) is 0 Å². The maximum atomic E-state index is 13.3. The first-order valence-corrected chi connectivity index (χ1v) is 5.85. The zero-order chi connectivity index (χ0) is 14.0. The molecule has 0 aliphatic heterocycles. The van der Waals surface area contributed by atoms with E-state index in [-0.39, 0.29) is 15.7 Å². The molecule has 0 saturated carbocycles. The zero-order valence-corrected chi connectivity index (χ0v) is 10.8. The molecule has 2 aromatic rings. The molecular formula is C12H6BrF3N2O. The van der Waals surface area contributed by atoms with Crippen molar-refractivity contribution < 1.29 is 18.0 Å². The summed E-state index contributed by atoms with van der Waals surface area (Å²) in [5, 5.41) is 2.18. The predicted molar refractivity (Wildman–Crippen MR) is 66.2 cm³/mol. The molecule has 2 rings (SSSR count). The molecule has 1 heterocycles. The Morgan fingerprint density at radius 1 is 1.16 bits per heavy atom. The fraction of sp³-hybridized carbons (Fsp3) is 0. The second kappa shape index (κ2) is 5.40. The van der Waals surface area contributed by atoms with E-state index in [4.69, 9.17) is 0 Å². The first-order valence-electron chi connectivity index (χ1n) is 5.06. The second-order valence-corrected chi connectivity index (χ2v) is 4.32. The van der Waals surface area contributed by atoms with Gasteiger partial charge in [0.1, 0.15) is 5.82 Å². The van der Waals surface area contributed by atoms with Gasteiger partial charge in [0, 0.05) is 0 Å². The lowest BCUT2D eigenvalue weighted by atomic mass is 10.2. The minimum Gasteiger partial charge on any atom is -0.318 e. The van der Waals surface area contributed by atoms with Crippen molar-refractivity contribution in [2.45, 2.75) is 0 Å². The Labute approximate surface area is 114 Å². The summed E-state index contributed by atoms with van der Waals surface area (Å²) in [6, 6.07) is 5.80. The van der Waals surface area contributed by atoms with Crippen molar-refractivity contribution in [1.29, 1.82) is 0 Å². The smallest absolute Gasteiger partial charge is 0.257 e. The van der Waals surface area contributed by atoms with Crippen molar-refractivity contribution in [3.05, 3.63) is 58.1 Å². The molecule has 3 nitrogen and oxygen atoms in total. The van der Waals surface area contributed by atoms with E-state index in [0.717, 1.165) is 12.1 Å². The average molecular weight is 331 g/mol. The highest BCUT2D eigenvalue weighted by atomic mass is 79.9. The Kier molecular flexibility index (Phi) is 3.84. The van der Waals surface area contributed by atoms with Crippen molar-refractivity contribution in [3.8, 4) is 0 Å². The van der Waals surface area contributed by atoms with E-state index in [1.807, 2.05) is 0 Å². The summed E-state index contributed by atoms with van der Waals surface area (Å²) in [4.78, 5) is 14.8. The fourth-order valence-electron chi connectivity index (χ4n) is 1.37. The van der Waals surface area contributed by atoms with Crippen LogP contribution in [0.4, 0.5) is 18.9 Å². The zero-order valence-electron chi connectivity index (χ0n) is 9.25. The van der Waals surface area contributed by atoms with E-state index in [2.05, 4.69) is 26.2 Å². The number of anilines is 1. The molecule has 0 aliphatic carbocycles. The van der Waals surface area contributed by atoms with Crippen LogP contribution >= 0.6 is 15.9 Å². The summed E-state index contributed by atoms with van der Waals surface area (Å²) in [7, 11) is 0. The minimum absolute atomic E-state index is 0.0104. The monoisotopic (exact) mass is 330 g/mol. The molecule has 0 radical (unpaired) electrons. The molecule has 0 atom stereocenters. The van der Waals surface area contributed by atoms with Crippen LogP contribution in [0.3, 0.4) is 0 Å². The highest BCUT2D eigenvalue weighted by molar-refractivity contribution is 9.10. The molecule has 1 aromatic heterocycles. The highest BCUT2D eigenvalue weighted by Crippen LogP contribution is 2.22. The summed E-state index contributed by atoms with van der Waals surface area (Å²) < 4.78 is 39.1. The van der Waals surface area contributed by atoms with E-state index in [1.165, 1.54) is 18.2 Å². The number of nitrogens with zero attached hydrogens (tertiary/aromatic N) is 1. The van der Waals surface area contributed by atoms with E-state index < -0.39 is 23.6 Å². The van der Waals surface area contributed by atoms with Crippen LogP contribution in [0, 0.1) is 17.7 Å². The number of aromatic nitrogens is 1. The van der Waals surface area contributed by atoms with Gasteiger partial charge in [0.05, 0.1) is 15.7 Å². The van der Waals surface area contributed by atoms with E-state index in [1.54, 1.807) is 0 Å². The molecule has 0 fully saturated rings. The number of halogens is 4. The van der Waals surface area contributed by atoms with Crippen LogP contribution in [0.15, 0.2) is 34.8 Å². The van der Waals surface area contributed by atoms with Crippen LogP contribution in [0.5, 0.6) is 0 Å². The SMILES string of the molecule is O=C(Nc1ccc(F)nc1F)c1cccc(F)c1Br. The van der Waals surface area contributed by atoms with Crippen LogP contribution in [0.25, 0.3) is 0 Å². The minimum atomic E-state index is -1.15. The third-order valence-corrected chi connectivity index (χ3v) is 3.07. The predicted octanol–water partition coefficient (Wildman–Crippen LogP) is 3.51. The number of hydrogen-bond donors (Lipinski definition) is 1. The normalized spacial score (nSPS) is 10.3. The maximum Gasteiger partial charge on any atom is 0.257 e. The summed E-state index contributed by atoms with van der Waals surface area (Å²) >= 11 is 2.92. The van der Waals surface area contributed by atoms with Gasteiger partial charge >= 0.3 is 0 Å². The molecule has 7 heteroatoms. The molecule has 1 N–H and O–H groups in total. The third kappa shape index (κ3) is 2.93. The van der Waals surface area contributed by atoms with Crippen LogP contribution in [0.2, 0.25) is 0 Å². The van der Waals surface area contributed by atoms with Gasteiger partial charge < -0.3 is 5.32 Å². The Morgan fingerprint density at radius 2 is 1.89 bits per heavy atom. The Bertz CT molecular complexity index is 649. The van der Waals surface area contributed by atoms with Gasteiger partial charge in [-0.25, -0.2) is 4.39 Å². The van der Waals surface area contributed by atoms with Crippen LogP contribution in [-0.4, -0.2) is 10.9 Å². The van der Waals surface area contributed by atoms with Crippen LogP contribution < -0.4 is 5.32 Å². The van der Waals surface area contributed by atoms with E-state index in [0.29, 0.717) is 0 Å². The van der Waals surface area contributed by atoms with Crippen molar-refractivity contribution in [3.63, 3.8) is 0 Å². The number of pyridine rings is 1. The molecule has 19 heavy (non-hydrogen) atoms. The highest BCUT2D eigenvalue weighted by Gasteiger charge is 2.15.